The van der Waals surface area contributed by atoms with Crippen molar-refractivity contribution in [2.24, 2.45) is 0 Å². The predicted molar refractivity (Wildman–Crippen MR) is 137 cm³/mol. The average Bonchev–Trinajstić information content (AvgIpc) is 3.39. The fourth-order valence-corrected chi connectivity index (χ4v) is 4.88. The second kappa shape index (κ2) is 9.80. The van der Waals surface area contributed by atoms with Crippen LogP contribution in [-0.2, 0) is 11.2 Å². The molecule has 10 heteroatoms. The molecule has 0 fully saturated rings. The van der Waals surface area contributed by atoms with E-state index in [-0.39, 0.29) is 0 Å². The van der Waals surface area contributed by atoms with Crippen LogP contribution in [0.1, 0.15) is 32.0 Å². The van der Waals surface area contributed by atoms with E-state index in [1.54, 1.807) is 18.4 Å². The number of alkyl carbamates (subject to hydrolysis) is 1. The van der Waals surface area contributed by atoms with Crippen LogP contribution in [0.3, 0.4) is 0 Å². The molecule has 0 saturated carbocycles. The average molecular weight is 493 g/mol. The Morgan fingerprint density at radius 1 is 1.26 bits per heavy atom. The van der Waals surface area contributed by atoms with Crippen LogP contribution in [0.25, 0.3) is 26.4 Å². The minimum Gasteiger partial charge on any atom is -0.496 e. The Morgan fingerprint density at radius 2 is 2.06 bits per heavy atom. The number of aryl methyl sites for hydroxylation is 1. The van der Waals surface area contributed by atoms with E-state index >= 15 is 0 Å². The highest BCUT2D eigenvalue weighted by atomic mass is 32.1. The molecule has 1 aromatic carbocycles. The van der Waals surface area contributed by atoms with Crippen LogP contribution in [0.15, 0.2) is 30.5 Å². The van der Waals surface area contributed by atoms with Gasteiger partial charge in [0.05, 0.1) is 19.6 Å². The number of carbonyl (C=O) groups is 1. The van der Waals surface area contributed by atoms with E-state index in [4.69, 9.17) is 19.7 Å². The molecule has 0 aliphatic carbocycles. The highest BCUT2D eigenvalue weighted by molar-refractivity contribution is 7.21. The molecular formula is C25H28N6O3S. The zero-order valence-electron chi connectivity index (χ0n) is 20.4. The molecule has 0 aliphatic rings. The minimum atomic E-state index is -0.545. The maximum atomic E-state index is 11.9. The lowest BCUT2D eigenvalue weighted by Gasteiger charge is -2.19. The lowest BCUT2D eigenvalue weighted by Crippen LogP contribution is -2.35. The van der Waals surface area contributed by atoms with Gasteiger partial charge in [-0.05, 0) is 51.5 Å². The number of fused-ring (bicyclic) bond motifs is 3. The Bertz CT molecular complexity index is 1430. The number of thiophene rings is 1. The molecule has 0 saturated heterocycles. The minimum absolute atomic E-state index is 0.330. The first-order valence-electron chi connectivity index (χ1n) is 11.2. The molecule has 9 nitrogen and oxygen atoms in total. The number of nitrogens with one attached hydrogen (secondary N) is 2. The Labute approximate surface area is 207 Å². The highest BCUT2D eigenvalue weighted by Gasteiger charge is 2.18. The van der Waals surface area contributed by atoms with Crippen molar-refractivity contribution in [2.75, 3.05) is 25.5 Å². The number of hydrogen-bond acceptors (Lipinski definition) is 8. The van der Waals surface area contributed by atoms with Crippen molar-refractivity contribution in [2.45, 2.75) is 39.7 Å². The van der Waals surface area contributed by atoms with Gasteiger partial charge in [0.2, 0.25) is 0 Å². The number of ether oxygens (including phenoxy) is 2. The molecule has 4 rings (SSSR count). The van der Waals surface area contributed by atoms with Gasteiger partial charge in [-0.1, -0.05) is 6.07 Å². The number of nitriles is 1. The van der Waals surface area contributed by atoms with Crippen LogP contribution in [0.2, 0.25) is 0 Å². The predicted octanol–water partition coefficient (Wildman–Crippen LogP) is 4.93. The number of carbonyl (C=O) groups excluding carboxylic acids is 1. The molecule has 35 heavy (non-hydrogen) atoms. The summed E-state index contributed by atoms with van der Waals surface area (Å²) in [6.45, 7) is 8.31. The first-order valence-corrected chi connectivity index (χ1v) is 12.0. The van der Waals surface area contributed by atoms with Crippen LogP contribution in [0.5, 0.6) is 5.75 Å². The number of nitrogens with zero attached hydrogens (tertiary/aromatic N) is 4. The summed E-state index contributed by atoms with van der Waals surface area (Å²) >= 11 is 1.60. The zero-order valence-corrected chi connectivity index (χ0v) is 21.2. The van der Waals surface area contributed by atoms with E-state index in [9.17, 15) is 4.79 Å². The van der Waals surface area contributed by atoms with E-state index < -0.39 is 11.7 Å². The zero-order chi connectivity index (χ0) is 25.2. The fourth-order valence-electron chi connectivity index (χ4n) is 3.70. The van der Waals surface area contributed by atoms with Crippen molar-refractivity contribution < 1.29 is 14.3 Å². The summed E-state index contributed by atoms with van der Waals surface area (Å²) in [6.07, 6.45) is 1.68. The lowest BCUT2D eigenvalue weighted by molar-refractivity contribution is 0.0530. The van der Waals surface area contributed by atoms with Gasteiger partial charge in [-0.3, -0.25) is 4.40 Å². The molecular weight excluding hydrogens is 464 g/mol. The Morgan fingerprint density at radius 3 is 2.77 bits per heavy atom. The number of benzene rings is 1. The van der Waals surface area contributed by atoms with Gasteiger partial charge in [0.1, 0.15) is 21.7 Å². The topological polar surface area (TPSA) is 114 Å². The van der Waals surface area contributed by atoms with E-state index in [0.29, 0.717) is 31.0 Å². The summed E-state index contributed by atoms with van der Waals surface area (Å²) in [7, 11) is 1.64. The van der Waals surface area contributed by atoms with Crippen LogP contribution < -0.4 is 15.4 Å². The summed E-state index contributed by atoms with van der Waals surface area (Å²) < 4.78 is 12.9. The van der Waals surface area contributed by atoms with Crippen molar-refractivity contribution in [1.29, 1.82) is 5.26 Å². The van der Waals surface area contributed by atoms with Gasteiger partial charge in [-0.2, -0.15) is 5.26 Å². The summed E-state index contributed by atoms with van der Waals surface area (Å²) in [6, 6.07) is 10.0. The van der Waals surface area contributed by atoms with Gasteiger partial charge in [0.15, 0.2) is 11.5 Å². The molecule has 0 unspecified atom stereocenters. The van der Waals surface area contributed by atoms with Gasteiger partial charge in [-0.25, -0.2) is 14.8 Å². The Balaban J connectivity index is 1.64. The quantitative estimate of drug-likeness (QED) is 0.352. The van der Waals surface area contributed by atoms with Crippen molar-refractivity contribution in [3.05, 3.63) is 41.7 Å². The standard InChI is InChI=1S/C25H28N6O3S/c1-15-14-29-22-21(27-10-11-28-24(32)34-25(2,3)4)30-18-13-20(35-23(18)31(15)22)17-12-16(8-9-26)6-7-19(17)33-5/h6-7,12-14H,8,10-11H2,1-5H3,(H,27,30)(H,28,32). The van der Waals surface area contributed by atoms with Gasteiger partial charge in [0.25, 0.3) is 0 Å². The third-order valence-corrected chi connectivity index (χ3v) is 6.32. The van der Waals surface area contributed by atoms with E-state index in [1.807, 2.05) is 58.2 Å². The fraction of sp³-hybridized carbons (Fsp3) is 0.360. The summed E-state index contributed by atoms with van der Waals surface area (Å²) in [5, 5.41) is 15.1. The lowest BCUT2D eigenvalue weighted by atomic mass is 10.1. The molecule has 4 aromatic rings. The Kier molecular flexibility index (Phi) is 6.80. The number of amides is 1. The first kappa shape index (κ1) is 24.3. The van der Waals surface area contributed by atoms with Gasteiger partial charge in [-0.15, -0.1) is 11.3 Å². The normalized spacial score (nSPS) is 11.4. The van der Waals surface area contributed by atoms with E-state index in [1.165, 1.54) is 0 Å². The van der Waals surface area contributed by atoms with E-state index in [2.05, 4.69) is 26.1 Å². The third kappa shape index (κ3) is 5.30. The summed E-state index contributed by atoms with van der Waals surface area (Å²) in [5.74, 6) is 1.37. The van der Waals surface area contributed by atoms with Crippen molar-refractivity contribution in [1.82, 2.24) is 19.7 Å². The van der Waals surface area contributed by atoms with Gasteiger partial charge < -0.3 is 20.1 Å². The number of imidazole rings is 1. The molecule has 0 atom stereocenters. The molecule has 0 radical (unpaired) electrons. The van der Waals surface area contributed by atoms with Crippen LogP contribution >= 0.6 is 11.3 Å². The second-order valence-corrected chi connectivity index (χ2v) is 10.1. The molecule has 2 N–H and O–H groups in total. The number of hydrogen-bond donors (Lipinski definition) is 2. The highest BCUT2D eigenvalue weighted by Crippen LogP contribution is 2.39. The molecule has 0 bridgehead atoms. The van der Waals surface area contributed by atoms with Crippen LogP contribution in [0, 0.1) is 18.3 Å². The van der Waals surface area contributed by atoms with Gasteiger partial charge >= 0.3 is 6.09 Å². The van der Waals surface area contributed by atoms with Crippen molar-refractivity contribution >= 4 is 39.2 Å². The van der Waals surface area contributed by atoms with E-state index in [0.717, 1.165) is 37.8 Å². The number of rotatable bonds is 7. The SMILES string of the molecule is COc1ccc(CC#N)cc1-c1cc2nc(NCCNC(=O)OC(C)(C)C)c3ncc(C)n3c2s1. The number of anilines is 1. The molecule has 1 amide bonds. The largest absolute Gasteiger partial charge is 0.496 e. The third-order valence-electron chi connectivity index (χ3n) is 5.18. The molecule has 182 valence electrons. The van der Waals surface area contributed by atoms with Gasteiger partial charge in [0, 0.05) is 35.4 Å². The summed E-state index contributed by atoms with van der Waals surface area (Å²) in [4.78, 5) is 23.2. The summed E-state index contributed by atoms with van der Waals surface area (Å²) in [5.41, 5.74) is 3.82. The van der Waals surface area contributed by atoms with Crippen LogP contribution in [-0.4, -0.2) is 46.3 Å². The maximum absolute atomic E-state index is 11.9. The smallest absolute Gasteiger partial charge is 0.407 e. The molecule has 0 spiro atoms. The van der Waals surface area contributed by atoms with Crippen molar-refractivity contribution in [3.8, 4) is 22.3 Å². The van der Waals surface area contributed by atoms with Crippen LogP contribution in [0.4, 0.5) is 10.6 Å². The second-order valence-electron chi connectivity index (χ2n) is 9.05. The molecule has 0 aliphatic heterocycles. The monoisotopic (exact) mass is 492 g/mol. The molecule has 3 aromatic heterocycles. The maximum Gasteiger partial charge on any atom is 0.407 e. The molecule has 3 heterocycles. The Hall–Kier alpha value is -3.84. The first-order chi connectivity index (χ1) is 16.7. The number of aromatic nitrogens is 3. The van der Waals surface area contributed by atoms with Crippen molar-refractivity contribution in [3.63, 3.8) is 0 Å². The number of methoxy groups -OCH3 is 1.